The molecule has 0 bridgehead atoms. The molecule has 0 saturated heterocycles. The smallest absolute Gasteiger partial charge is 0.170 e. The van der Waals surface area contributed by atoms with E-state index in [9.17, 15) is 5.11 Å². The molecule has 4 N–H and O–H groups in total. The van der Waals surface area contributed by atoms with Gasteiger partial charge in [0, 0.05) is 17.1 Å². The fraction of sp³-hybridized carbons (Fsp3) is 0.417. The predicted molar refractivity (Wildman–Crippen MR) is 76.2 cm³/mol. The average Bonchev–Trinajstić information content (AvgIpc) is 2.36. The molecule has 0 saturated carbocycles. The lowest BCUT2D eigenvalue weighted by molar-refractivity contribution is 0.216. The molecule has 1 rings (SSSR count). The Kier molecular flexibility index (Phi) is 4.59. The lowest BCUT2D eigenvalue weighted by Gasteiger charge is -2.36. The van der Waals surface area contributed by atoms with Gasteiger partial charge in [0.1, 0.15) is 0 Å². The van der Waals surface area contributed by atoms with E-state index in [0.717, 1.165) is 10.2 Å². The van der Waals surface area contributed by atoms with Gasteiger partial charge in [-0.25, -0.2) is 0 Å². The van der Waals surface area contributed by atoms with Gasteiger partial charge in [-0.05, 0) is 48.0 Å². The van der Waals surface area contributed by atoms with Gasteiger partial charge in [0.15, 0.2) is 5.84 Å². The second kappa shape index (κ2) is 5.58. The lowest BCUT2D eigenvalue weighted by atomic mass is 10.0. The highest BCUT2D eigenvalue weighted by Gasteiger charge is 2.24. The van der Waals surface area contributed by atoms with Gasteiger partial charge in [-0.3, -0.25) is 0 Å². The number of likely N-dealkylation sites (N-methyl/N-ethyl adjacent to an activating group) is 1. The fourth-order valence-electron chi connectivity index (χ4n) is 1.43. The Morgan fingerprint density at radius 1 is 1.50 bits per heavy atom. The summed E-state index contributed by atoms with van der Waals surface area (Å²) in [5.41, 5.74) is 6.70. The van der Waals surface area contributed by atoms with Crippen LogP contribution in [0.2, 0.25) is 0 Å². The summed E-state index contributed by atoms with van der Waals surface area (Å²) >= 11 is 3.45. The van der Waals surface area contributed by atoms with Gasteiger partial charge in [-0.15, -0.1) is 0 Å². The van der Waals surface area contributed by atoms with E-state index in [1.165, 1.54) is 0 Å². The molecule has 0 unspecified atom stereocenters. The molecule has 0 aromatic heterocycles. The van der Waals surface area contributed by atoms with Crippen molar-refractivity contribution < 1.29 is 10.3 Å². The second-order valence-corrected chi connectivity index (χ2v) is 5.54. The number of anilines is 1. The third-order valence-electron chi connectivity index (χ3n) is 3.01. The normalized spacial score (nSPS) is 12.6. The third-order valence-corrected chi connectivity index (χ3v) is 3.64. The van der Waals surface area contributed by atoms with Gasteiger partial charge in [0.2, 0.25) is 0 Å². The number of nitrogens with zero attached hydrogens (tertiary/aromatic N) is 2. The quantitative estimate of drug-likeness (QED) is 0.342. The minimum absolute atomic E-state index is 0.0396. The maximum absolute atomic E-state index is 9.37. The first kappa shape index (κ1) is 14.8. The summed E-state index contributed by atoms with van der Waals surface area (Å²) in [5.74, 6) is 0.0614. The van der Waals surface area contributed by atoms with Crippen molar-refractivity contribution in [3.05, 3.63) is 28.2 Å². The number of hydrogen-bond acceptors (Lipinski definition) is 4. The second-order valence-electron chi connectivity index (χ2n) is 4.68. The molecule has 0 atom stereocenters. The van der Waals surface area contributed by atoms with E-state index >= 15 is 0 Å². The first-order valence-corrected chi connectivity index (χ1v) is 6.25. The average molecular weight is 316 g/mol. The van der Waals surface area contributed by atoms with Crippen molar-refractivity contribution in [2.24, 2.45) is 10.9 Å². The van der Waals surface area contributed by atoms with Gasteiger partial charge in [0.25, 0.3) is 0 Å². The van der Waals surface area contributed by atoms with E-state index in [1.54, 1.807) is 12.1 Å². The van der Waals surface area contributed by atoms with Crippen molar-refractivity contribution in [1.82, 2.24) is 0 Å². The zero-order valence-corrected chi connectivity index (χ0v) is 12.3. The van der Waals surface area contributed by atoms with Crippen LogP contribution in [0.4, 0.5) is 5.69 Å². The molecule has 6 heteroatoms. The standard InChI is InChI=1S/C12H18BrN3O2/c1-12(2,7-17)16(3)10-5-4-8(6-9(10)13)11(14)15-18/h4-6,17-18H,7H2,1-3H3,(H2,14,15). The highest BCUT2D eigenvalue weighted by molar-refractivity contribution is 9.10. The summed E-state index contributed by atoms with van der Waals surface area (Å²) in [7, 11) is 1.90. The van der Waals surface area contributed by atoms with Crippen molar-refractivity contribution in [1.29, 1.82) is 0 Å². The van der Waals surface area contributed by atoms with E-state index in [0.29, 0.717) is 5.56 Å². The van der Waals surface area contributed by atoms with Gasteiger partial charge in [-0.1, -0.05) is 5.16 Å². The molecular formula is C12H18BrN3O2. The van der Waals surface area contributed by atoms with E-state index in [4.69, 9.17) is 10.9 Å². The maximum Gasteiger partial charge on any atom is 0.170 e. The molecule has 0 aliphatic heterocycles. The van der Waals surface area contributed by atoms with Crippen molar-refractivity contribution >= 4 is 27.5 Å². The molecule has 1 aromatic carbocycles. The lowest BCUT2D eigenvalue weighted by Crippen LogP contribution is -2.44. The molecule has 0 spiro atoms. The van der Waals surface area contributed by atoms with Crippen molar-refractivity contribution in [3.63, 3.8) is 0 Å². The summed E-state index contributed by atoms with van der Waals surface area (Å²) in [6.45, 7) is 3.92. The summed E-state index contributed by atoms with van der Waals surface area (Å²) in [4.78, 5) is 1.97. The number of aliphatic hydroxyl groups is 1. The predicted octanol–water partition coefficient (Wildman–Crippen LogP) is 1.75. The van der Waals surface area contributed by atoms with Gasteiger partial charge in [0.05, 0.1) is 17.8 Å². The number of nitrogens with two attached hydrogens (primary N) is 1. The van der Waals surface area contributed by atoms with Crippen LogP contribution in [0.3, 0.4) is 0 Å². The van der Waals surface area contributed by atoms with Crippen LogP contribution in [0, 0.1) is 0 Å². The number of oxime groups is 1. The van der Waals surface area contributed by atoms with E-state index in [1.807, 2.05) is 31.9 Å². The molecule has 100 valence electrons. The molecule has 1 aromatic rings. The Labute approximate surface area is 115 Å². The number of aliphatic hydroxyl groups excluding tert-OH is 1. The SMILES string of the molecule is CN(c1ccc(/C(N)=N/O)cc1Br)C(C)(C)CO. The Morgan fingerprint density at radius 3 is 2.56 bits per heavy atom. The van der Waals surface area contributed by atoms with E-state index in [-0.39, 0.29) is 18.0 Å². The van der Waals surface area contributed by atoms with Crippen LogP contribution in [0.15, 0.2) is 27.8 Å². The first-order chi connectivity index (χ1) is 8.33. The van der Waals surface area contributed by atoms with Crippen LogP contribution in [0.25, 0.3) is 0 Å². The van der Waals surface area contributed by atoms with Gasteiger partial charge >= 0.3 is 0 Å². The zero-order valence-electron chi connectivity index (χ0n) is 10.7. The Morgan fingerprint density at radius 2 is 2.11 bits per heavy atom. The minimum atomic E-state index is -0.374. The molecule has 0 aliphatic carbocycles. The van der Waals surface area contributed by atoms with Crippen LogP contribution in [0.5, 0.6) is 0 Å². The Bertz CT molecular complexity index is 461. The van der Waals surface area contributed by atoms with Crippen LogP contribution in [-0.4, -0.2) is 35.3 Å². The molecule has 5 nitrogen and oxygen atoms in total. The van der Waals surface area contributed by atoms with Crippen LogP contribution in [0.1, 0.15) is 19.4 Å². The molecular weight excluding hydrogens is 298 g/mol. The van der Waals surface area contributed by atoms with Crippen LogP contribution in [-0.2, 0) is 0 Å². The summed E-state index contributed by atoms with van der Waals surface area (Å²) < 4.78 is 0.815. The number of halogens is 1. The Balaban J connectivity index is 3.14. The minimum Gasteiger partial charge on any atom is -0.409 e. The monoisotopic (exact) mass is 315 g/mol. The van der Waals surface area contributed by atoms with Crippen molar-refractivity contribution in [2.45, 2.75) is 19.4 Å². The van der Waals surface area contributed by atoms with Gasteiger partial charge in [-0.2, -0.15) is 0 Å². The van der Waals surface area contributed by atoms with Crippen LogP contribution >= 0.6 is 15.9 Å². The number of rotatable bonds is 4. The van der Waals surface area contributed by atoms with Crippen molar-refractivity contribution in [2.75, 3.05) is 18.6 Å². The van der Waals surface area contributed by atoms with E-state index < -0.39 is 0 Å². The van der Waals surface area contributed by atoms with Crippen LogP contribution < -0.4 is 10.6 Å². The van der Waals surface area contributed by atoms with Crippen molar-refractivity contribution in [3.8, 4) is 0 Å². The first-order valence-electron chi connectivity index (χ1n) is 5.45. The Hall–Kier alpha value is -1.27. The summed E-state index contributed by atoms with van der Waals surface area (Å²) in [6.07, 6.45) is 0. The third kappa shape index (κ3) is 2.94. The van der Waals surface area contributed by atoms with E-state index in [2.05, 4.69) is 21.1 Å². The molecule has 0 radical (unpaired) electrons. The molecule has 0 heterocycles. The number of amidine groups is 1. The molecule has 18 heavy (non-hydrogen) atoms. The van der Waals surface area contributed by atoms with Gasteiger partial charge < -0.3 is 20.9 Å². The highest BCUT2D eigenvalue weighted by atomic mass is 79.9. The summed E-state index contributed by atoms with van der Waals surface area (Å²) in [6, 6.07) is 5.39. The summed E-state index contributed by atoms with van der Waals surface area (Å²) in [5, 5.41) is 21.0. The fourth-order valence-corrected chi connectivity index (χ4v) is 2.07. The number of benzene rings is 1. The molecule has 0 fully saturated rings. The molecule has 0 aliphatic rings. The highest BCUT2D eigenvalue weighted by Crippen LogP contribution is 2.30. The zero-order chi connectivity index (χ0) is 13.9. The molecule has 0 amide bonds. The largest absolute Gasteiger partial charge is 0.409 e. The maximum atomic E-state index is 9.37. The topological polar surface area (TPSA) is 82.1 Å². The number of hydrogen-bond donors (Lipinski definition) is 3.